The van der Waals surface area contributed by atoms with Gasteiger partial charge in [-0.3, -0.25) is 0 Å². The maximum absolute atomic E-state index is 6.16. The molecule has 0 bridgehead atoms. The Balaban J connectivity index is 1.82. The van der Waals surface area contributed by atoms with Crippen LogP contribution in [0.15, 0.2) is 35.4 Å². The molecule has 2 aromatic heterocycles. The number of benzene rings is 1. The zero-order valence-corrected chi connectivity index (χ0v) is 11.3. The Labute approximate surface area is 118 Å². The van der Waals surface area contributed by atoms with Crippen LogP contribution in [-0.4, -0.2) is 25.2 Å². The normalized spacial score (nSPS) is 10.6. The number of tetrazole rings is 1. The number of halogens is 1. The molecule has 8 heteroatoms. The van der Waals surface area contributed by atoms with Gasteiger partial charge in [-0.2, -0.15) is 0 Å². The Bertz CT molecular complexity index is 652. The number of hydrogen-bond donors (Lipinski definition) is 1. The highest BCUT2D eigenvalue weighted by molar-refractivity contribution is 7.07. The molecule has 0 fully saturated rings. The van der Waals surface area contributed by atoms with E-state index in [2.05, 4.69) is 25.8 Å². The monoisotopic (exact) mass is 292 g/mol. The van der Waals surface area contributed by atoms with E-state index in [9.17, 15) is 0 Å². The standard InChI is InChI=1S/C11H9ClN6S/c12-10-2-1-9(18-6-15-16-17-18)3-11(10)13-4-8-5-19-7-14-8/h1-3,5-7,13H,4H2. The van der Waals surface area contributed by atoms with Crippen LogP contribution in [0.25, 0.3) is 5.69 Å². The van der Waals surface area contributed by atoms with Crippen molar-refractivity contribution in [3.05, 3.63) is 46.1 Å². The number of nitrogens with zero attached hydrogens (tertiary/aromatic N) is 5. The summed E-state index contributed by atoms with van der Waals surface area (Å²) in [6.07, 6.45) is 1.54. The number of anilines is 1. The SMILES string of the molecule is Clc1ccc(-n2cnnn2)cc1NCc1cscn1. The van der Waals surface area contributed by atoms with Crippen LogP contribution in [0.2, 0.25) is 5.02 Å². The second kappa shape index (κ2) is 5.33. The first kappa shape index (κ1) is 12.1. The van der Waals surface area contributed by atoms with Gasteiger partial charge in [0, 0.05) is 5.38 Å². The van der Waals surface area contributed by atoms with Crippen LogP contribution in [0.1, 0.15) is 5.69 Å². The van der Waals surface area contributed by atoms with Gasteiger partial charge in [0.25, 0.3) is 0 Å². The minimum Gasteiger partial charge on any atom is -0.378 e. The smallest absolute Gasteiger partial charge is 0.143 e. The number of nitrogens with one attached hydrogen (secondary N) is 1. The van der Waals surface area contributed by atoms with Crippen molar-refractivity contribution in [2.24, 2.45) is 0 Å². The van der Waals surface area contributed by atoms with Gasteiger partial charge < -0.3 is 5.32 Å². The lowest BCUT2D eigenvalue weighted by molar-refractivity contribution is 0.789. The highest BCUT2D eigenvalue weighted by Crippen LogP contribution is 2.24. The average molecular weight is 293 g/mol. The molecule has 6 nitrogen and oxygen atoms in total. The topological polar surface area (TPSA) is 68.5 Å². The van der Waals surface area contributed by atoms with Crippen molar-refractivity contribution in [3.63, 3.8) is 0 Å². The van der Waals surface area contributed by atoms with E-state index in [-0.39, 0.29) is 0 Å². The number of rotatable bonds is 4. The van der Waals surface area contributed by atoms with E-state index >= 15 is 0 Å². The fraction of sp³-hybridized carbons (Fsp3) is 0.0909. The predicted octanol–water partition coefficient (Wildman–Crippen LogP) is 2.38. The van der Waals surface area contributed by atoms with Gasteiger partial charge in [-0.15, -0.1) is 16.4 Å². The average Bonchev–Trinajstić information content (AvgIpc) is 3.11. The molecule has 0 radical (unpaired) electrons. The molecule has 0 saturated carbocycles. The Hall–Kier alpha value is -1.99. The Kier molecular flexibility index (Phi) is 3.39. The number of aromatic nitrogens is 5. The van der Waals surface area contributed by atoms with Gasteiger partial charge in [0.05, 0.1) is 34.1 Å². The predicted molar refractivity (Wildman–Crippen MR) is 73.6 cm³/mol. The minimum atomic E-state index is 0.627. The third-order valence-electron chi connectivity index (χ3n) is 2.51. The molecule has 1 N–H and O–H groups in total. The third kappa shape index (κ3) is 2.72. The minimum absolute atomic E-state index is 0.627. The van der Waals surface area contributed by atoms with Crippen molar-refractivity contribution in [1.29, 1.82) is 0 Å². The summed E-state index contributed by atoms with van der Waals surface area (Å²) < 4.78 is 1.57. The van der Waals surface area contributed by atoms with E-state index in [1.165, 1.54) is 6.33 Å². The second-order valence-electron chi connectivity index (χ2n) is 3.75. The summed E-state index contributed by atoms with van der Waals surface area (Å²) in [5, 5.41) is 16.9. The van der Waals surface area contributed by atoms with E-state index in [4.69, 9.17) is 11.6 Å². The lowest BCUT2D eigenvalue weighted by atomic mass is 10.2. The van der Waals surface area contributed by atoms with Crippen molar-refractivity contribution < 1.29 is 0 Å². The van der Waals surface area contributed by atoms with Crippen LogP contribution in [-0.2, 0) is 6.54 Å². The summed E-state index contributed by atoms with van der Waals surface area (Å²) in [7, 11) is 0. The molecule has 3 aromatic rings. The van der Waals surface area contributed by atoms with Crippen LogP contribution in [0, 0.1) is 0 Å². The van der Waals surface area contributed by atoms with Crippen molar-refractivity contribution in [2.45, 2.75) is 6.54 Å². The van der Waals surface area contributed by atoms with Gasteiger partial charge in [-0.1, -0.05) is 11.6 Å². The van der Waals surface area contributed by atoms with E-state index < -0.39 is 0 Å². The van der Waals surface area contributed by atoms with Gasteiger partial charge in [0.2, 0.25) is 0 Å². The zero-order chi connectivity index (χ0) is 13.1. The van der Waals surface area contributed by atoms with Crippen molar-refractivity contribution in [1.82, 2.24) is 25.2 Å². The molecule has 0 unspecified atom stereocenters. The summed E-state index contributed by atoms with van der Waals surface area (Å²) in [6, 6.07) is 5.56. The van der Waals surface area contributed by atoms with E-state index in [0.29, 0.717) is 11.6 Å². The molecule has 0 atom stereocenters. The summed E-state index contributed by atoms with van der Waals surface area (Å²) in [4.78, 5) is 4.21. The molecule has 0 spiro atoms. The van der Waals surface area contributed by atoms with E-state index in [1.54, 1.807) is 21.5 Å². The van der Waals surface area contributed by atoms with Crippen LogP contribution in [0.4, 0.5) is 5.69 Å². The van der Waals surface area contributed by atoms with E-state index in [0.717, 1.165) is 17.1 Å². The number of thiazole rings is 1. The van der Waals surface area contributed by atoms with Crippen molar-refractivity contribution >= 4 is 28.6 Å². The highest BCUT2D eigenvalue weighted by atomic mass is 35.5. The Morgan fingerprint density at radius 2 is 2.32 bits per heavy atom. The maximum Gasteiger partial charge on any atom is 0.143 e. The molecular formula is C11H9ClN6S. The molecule has 0 aliphatic carbocycles. The zero-order valence-electron chi connectivity index (χ0n) is 9.69. The Morgan fingerprint density at radius 1 is 1.37 bits per heavy atom. The summed E-state index contributed by atoms with van der Waals surface area (Å²) in [5.74, 6) is 0. The molecule has 0 aliphatic heterocycles. The van der Waals surface area contributed by atoms with Gasteiger partial charge in [0.15, 0.2) is 0 Å². The fourth-order valence-corrected chi connectivity index (χ4v) is 2.32. The van der Waals surface area contributed by atoms with Gasteiger partial charge in [-0.05, 0) is 28.6 Å². The summed E-state index contributed by atoms with van der Waals surface area (Å²) in [6.45, 7) is 0.627. The lowest BCUT2D eigenvalue weighted by Gasteiger charge is -2.09. The van der Waals surface area contributed by atoms with E-state index in [1.807, 2.05) is 23.6 Å². The van der Waals surface area contributed by atoms with Crippen LogP contribution in [0.5, 0.6) is 0 Å². The maximum atomic E-state index is 6.16. The first-order chi connectivity index (χ1) is 9.33. The molecule has 0 saturated heterocycles. The molecule has 0 aliphatic rings. The molecule has 1 aromatic carbocycles. The molecule has 0 amide bonds. The third-order valence-corrected chi connectivity index (χ3v) is 3.47. The van der Waals surface area contributed by atoms with Gasteiger partial charge in [0.1, 0.15) is 6.33 Å². The van der Waals surface area contributed by atoms with Crippen molar-refractivity contribution in [3.8, 4) is 5.69 Å². The lowest BCUT2D eigenvalue weighted by Crippen LogP contribution is -2.02. The second-order valence-corrected chi connectivity index (χ2v) is 4.88. The molecule has 96 valence electrons. The highest BCUT2D eigenvalue weighted by Gasteiger charge is 2.05. The molecule has 2 heterocycles. The molecular weight excluding hydrogens is 284 g/mol. The van der Waals surface area contributed by atoms with Crippen LogP contribution >= 0.6 is 22.9 Å². The van der Waals surface area contributed by atoms with Gasteiger partial charge in [-0.25, -0.2) is 9.67 Å². The quantitative estimate of drug-likeness (QED) is 0.799. The first-order valence-electron chi connectivity index (χ1n) is 5.47. The first-order valence-corrected chi connectivity index (χ1v) is 6.79. The van der Waals surface area contributed by atoms with Crippen molar-refractivity contribution in [2.75, 3.05) is 5.32 Å². The van der Waals surface area contributed by atoms with Crippen LogP contribution in [0.3, 0.4) is 0 Å². The fourth-order valence-electron chi connectivity index (χ4n) is 1.58. The number of hydrogen-bond acceptors (Lipinski definition) is 6. The molecule has 3 rings (SSSR count). The summed E-state index contributed by atoms with van der Waals surface area (Å²) >= 11 is 7.72. The van der Waals surface area contributed by atoms with Crippen LogP contribution < -0.4 is 5.32 Å². The summed E-state index contributed by atoms with van der Waals surface area (Å²) in [5.41, 5.74) is 4.45. The largest absolute Gasteiger partial charge is 0.378 e. The Morgan fingerprint density at radius 3 is 3.05 bits per heavy atom. The molecule has 19 heavy (non-hydrogen) atoms. The van der Waals surface area contributed by atoms with Gasteiger partial charge >= 0.3 is 0 Å².